The van der Waals surface area contributed by atoms with Crippen molar-refractivity contribution in [1.29, 1.82) is 0 Å². The topological polar surface area (TPSA) is 52.3 Å². The average Bonchev–Trinajstić information content (AvgIpc) is 3.18. The van der Waals surface area contributed by atoms with E-state index in [1.165, 1.54) is 5.56 Å². The number of nitrogens with zero attached hydrogens (tertiary/aromatic N) is 4. The Hall–Kier alpha value is -2.64. The minimum absolute atomic E-state index is 0.779. The smallest absolute Gasteiger partial charge is 0.212 e. The van der Waals surface area contributed by atoms with Gasteiger partial charge in [0.1, 0.15) is 5.75 Å². The summed E-state index contributed by atoms with van der Waals surface area (Å²) >= 11 is 5.11. The molecule has 3 aromatic carbocycles. The molecule has 0 spiro atoms. The van der Waals surface area contributed by atoms with Crippen molar-refractivity contribution in [3.05, 3.63) is 82.1 Å². The first-order chi connectivity index (χ1) is 15.2. The lowest BCUT2D eigenvalue weighted by molar-refractivity contribution is 0.415. The molecule has 0 atom stereocenters. The van der Waals surface area contributed by atoms with Gasteiger partial charge in [-0.15, -0.1) is 10.2 Å². The number of aryl methyl sites for hydroxylation is 1. The van der Waals surface area contributed by atoms with Crippen LogP contribution in [-0.2, 0) is 12.2 Å². The molecule has 1 heterocycles. The maximum absolute atomic E-state index is 5.61. The zero-order chi connectivity index (χ0) is 21.6. The first kappa shape index (κ1) is 21.6. The van der Waals surface area contributed by atoms with E-state index in [9.17, 15) is 0 Å². The molecule has 7 heteroatoms. The third-order valence-corrected chi connectivity index (χ3v) is 6.40. The first-order valence-corrected chi connectivity index (χ1v) is 11.9. The summed E-state index contributed by atoms with van der Waals surface area (Å²) in [4.78, 5) is 0. The second kappa shape index (κ2) is 10.1. The van der Waals surface area contributed by atoms with Gasteiger partial charge in [0.25, 0.3) is 0 Å². The average molecular weight is 495 g/mol. The molecule has 0 unspecified atom stereocenters. The molecule has 0 saturated carbocycles. The van der Waals surface area contributed by atoms with Crippen molar-refractivity contribution in [2.75, 3.05) is 7.11 Å². The van der Waals surface area contributed by atoms with E-state index in [0.717, 1.165) is 56.1 Å². The van der Waals surface area contributed by atoms with Crippen LogP contribution in [0.25, 0.3) is 10.8 Å². The van der Waals surface area contributed by atoms with Gasteiger partial charge in [0, 0.05) is 22.2 Å². The minimum atomic E-state index is 0.779. The van der Waals surface area contributed by atoms with E-state index in [1.807, 2.05) is 41.2 Å². The Morgan fingerprint density at radius 1 is 1.06 bits per heavy atom. The third kappa shape index (κ3) is 4.99. The Bertz CT molecular complexity index is 1200. The third-order valence-electron chi connectivity index (χ3n) is 4.88. The largest absolute Gasteiger partial charge is 0.496 e. The number of fused-ring (bicyclic) bond motifs is 1. The molecule has 0 saturated heterocycles. The predicted octanol–water partition coefficient (Wildman–Crippen LogP) is 6.33. The summed E-state index contributed by atoms with van der Waals surface area (Å²) < 4.78 is 8.53. The Morgan fingerprint density at radius 3 is 2.65 bits per heavy atom. The summed E-state index contributed by atoms with van der Waals surface area (Å²) in [6.45, 7) is 2.13. The van der Waals surface area contributed by atoms with Gasteiger partial charge in [-0.2, -0.15) is 9.78 Å². The van der Waals surface area contributed by atoms with E-state index in [2.05, 4.69) is 63.4 Å². The zero-order valence-corrected chi connectivity index (χ0v) is 19.9. The number of hydrogen-bond donors (Lipinski definition) is 0. The Morgan fingerprint density at radius 2 is 1.87 bits per heavy atom. The van der Waals surface area contributed by atoms with Gasteiger partial charge in [0.05, 0.1) is 13.3 Å². The van der Waals surface area contributed by atoms with Crippen LogP contribution in [0.4, 0.5) is 0 Å². The maximum Gasteiger partial charge on any atom is 0.212 e. The van der Waals surface area contributed by atoms with Crippen LogP contribution in [0.15, 0.2) is 75.4 Å². The molecule has 0 aliphatic carbocycles. The summed E-state index contributed by atoms with van der Waals surface area (Å²) in [5, 5.41) is 16.6. The highest BCUT2D eigenvalue weighted by atomic mass is 79.9. The van der Waals surface area contributed by atoms with Gasteiger partial charge in [-0.3, -0.25) is 0 Å². The van der Waals surface area contributed by atoms with Gasteiger partial charge < -0.3 is 4.74 Å². The van der Waals surface area contributed by atoms with E-state index < -0.39 is 0 Å². The predicted molar refractivity (Wildman–Crippen MR) is 131 cm³/mol. The summed E-state index contributed by atoms with van der Waals surface area (Å²) in [5.41, 5.74) is 2.17. The van der Waals surface area contributed by atoms with E-state index >= 15 is 0 Å². The zero-order valence-electron chi connectivity index (χ0n) is 17.5. The van der Waals surface area contributed by atoms with Gasteiger partial charge in [-0.25, -0.2) is 0 Å². The lowest BCUT2D eigenvalue weighted by Crippen LogP contribution is -2.01. The van der Waals surface area contributed by atoms with Gasteiger partial charge in [-0.1, -0.05) is 77.1 Å². The van der Waals surface area contributed by atoms with E-state index in [4.69, 9.17) is 9.84 Å². The maximum atomic E-state index is 5.61. The quantitative estimate of drug-likeness (QED) is 0.212. The number of thioether (sulfide) groups is 1. The van der Waals surface area contributed by atoms with Crippen molar-refractivity contribution < 1.29 is 4.74 Å². The van der Waals surface area contributed by atoms with Crippen LogP contribution in [0.3, 0.4) is 0 Å². The molecule has 5 nitrogen and oxygen atoms in total. The Labute approximate surface area is 194 Å². The summed E-state index contributed by atoms with van der Waals surface area (Å²) in [7, 11) is 1.68. The Kier molecular flexibility index (Phi) is 7.04. The fourth-order valence-electron chi connectivity index (χ4n) is 3.31. The second-order valence-electron chi connectivity index (χ2n) is 7.02. The van der Waals surface area contributed by atoms with Crippen LogP contribution < -0.4 is 4.74 Å². The van der Waals surface area contributed by atoms with Crippen molar-refractivity contribution in [2.24, 2.45) is 5.10 Å². The molecule has 158 valence electrons. The highest BCUT2D eigenvalue weighted by molar-refractivity contribution is 9.10. The second-order valence-corrected chi connectivity index (χ2v) is 8.88. The summed E-state index contributed by atoms with van der Waals surface area (Å²) in [5.74, 6) is 2.44. The van der Waals surface area contributed by atoms with Crippen LogP contribution in [0.2, 0.25) is 0 Å². The fraction of sp³-hybridized carbons (Fsp3) is 0.208. The van der Waals surface area contributed by atoms with Crippen LogP contribution in [0, 0.1) is 0 Å². The Balaban J connectivity index is 1.67. The number of halogens is 1. The number of hydrogen-bond acceptors (Lipinski definition) is 5. The molecule has 0 N–H and O–H groups in total. The van der Waals surface area contributed by atoms with E-state index in [1.54, 1.807) is 18.9 Å². The van der Waals surface area contributed by atoms with Gasteiger partial charge >= 0.3 is 0 Å². The minimum Gasteiger partial charge on any atom is -0.496 e. The highest BCUT2D eigenvalue weighted by Gasteiger charge is 2.13. The van der Waals surface area contributed by atoms with Gasteiger partial charge in [0.15, 0.2) is 5.82 Å². The van der Waals surface area contributed by atoms with Gasteiger partial charge in [-0.05, 0) is 41.0 Å². The number of methoxy groups -OCH3 is 1. The van der Waals surface area contributed by atoms with Gasteiger partial charge in [0.2, 0.25) is 5.16 Å². The first-order valence-electron chi connectivity index (χ1n) is 10.1. The number of aromatic nitrogens is 3. The monoisotopic (exact) mass is 494 g/mol. The van der Waals surface area contributed by atoms with Crippen LogP contribution in [-0.4, -0.2) is 28.2 Å². The molecule has 0 bridgehead atoms. The summed E-state index contributed by atoms with van der Waals surface area (Å²) in [6, 6.07) is 20.6. The van der Waals surface area contributed by atoms with Crippen molar-refractivity contribution in [1.82, 2.24) is 14.9 Å². The van der Waals surface area contributed by atoms with Crippen LogP contribution in [0.5, 0.6) is 5.75 Å². The number of benzene rings is 3. The molecular weight excluding hydrogens is 472 g/mol. The van der Waals surface area contributed by atoms with Crippen molar-refractivity contribution in [3.8, 4) is 5.75 Å². The molecule has 1 aromatic heterocycles. The van der Waals surface area contributed by atoms with Crippen LogP contribution in [0.1, 0.15) is 30.3 Å². The van der Waals surface area contributed by atoms with E-state index in [-0.39, 0.29) is 0 Å². The molecule has 0 fully saturated rings. The molecular formula is C24H23BrN4OS. The van der Waals surface area contributed by atoms with E-state index in [0.29, 0.717) is 0 Å². The fourth-order valence-corrected chi connectivity index (χ4v) is 4.44. The molecule has 0 aliphatic rings. The normalized spacial score (nSPS) is 11.5. The van der Waals surface area contributed by atoms with Crippen molar-refractivity contribution in [2.45, 2.75) is 30.7 Å². The molecule has 4 rings (SSSR count). The summed E-state index contributed by atoms with van der Waals surface area (Å²) in [6.07, 6.45) is 3.64. The highest BCUT2D eigenvalue weighted by Crippen LogP contribution is 2.27. The lowest BCUT2D eigenvalue weighted by Gasteiger charge is -2.09. The molecule has 31 heavy (non-hydrogen) atoms. The standard InChI is InChI=1S/C24H23BrN4OS/c1-3-6-23-27-28-24(31-16-17-9-12-19(25)13-10-17)29(23)26-15-21-20-8-5-4-7-18(20)11-14-22(21)30-2/h4-5,7-15H,3,6,16H2,1-2H3/b26-15-. The van der Waals surface area contributed by atoms with Crippen molar-refractivity contribution >= 4 is 44.7 Å². The molecule has 0 amide bonds. The van der Waals surface area contributed by atoms with Crippen molar-refractivity contribution in [3.63, 3.8) is 0 Å². The SMILES string of the molecule is CCCc1nnc(SCc2ccc(Br)cc2)n1/N=C\c1c(OC)ccc2ccccc12. The molecule has 0 aliphatic heterocycles. The number of ether oxygens (including phenoxy) is 1. The lowest BCUT2D eigenvalue weighted by atomic mass is 10.0. The molecule has 0 radical (unpaired) electrons. The molecule has 4 aromatic rings. The number of rotatable bonds is 8. The van der Waals surface area contributed by atoms with Crippen LogP contribution >= 0.6 is 27.7 Å².